The number of aliphatic hydroxyl groups excluding tert-OH is 1. The molecule has 0 bridgehead atoms. The van der Waals surface area contributed by atoms with Gasteiger partial charge < -0.3 is 5.11 Å². The van der Waals surface area contributed by atoms with Crippen molar-refractivity contribution in [2.45, 2.75) is 51.3 Å². The first-order valence-corrected chi connectivity index (χ1v) is 11.5. The van der Waals surface area contributed by atoms with Crippen LogP contribution >= 0.6 is 0 Å². The molecule has 30 heavy (non-hydrogen) atoms. The predicted molar refractivity (Wildman–Crippen MR) is 121 cm³/mol. The molecular weight excluding hydrogens is 394 g/mol. The molecule has 0 aliphatic rings. The molecule has 0 radical (unpaired) electrons. The van der Waals surface area contributed by atoms with Gasteiger partial charge in [0.15, 0.2) is 0 Å². The molecular formula is C25H29NO3S. The maximum Gasteiger partial charge on any atom is 0.244 e. The maximum absolute atomic E-state index is 13.9. The third-order valence-corrected chi connectivity index (χ3v) is 7.64. The van der Waals surface area contributed by atoms with Gasteiger partial charge in [0.25, 0.3) is 0 Å². The highest BCUT2D eigenvalue weighted by molar-refractivity contribution is 7.89. The zero-order valence-corrected chi connectivity index (χ0v) is 18.7. The van der Waals surface area contributed by atoms with Crippen LogP contribution in [-0.2, 0) is 16.6 Å². The molecule has 4 nitrogen and oxygen atoms in total. The van der Waals surface area contributed by atoms with Crippen molar-refractivity contribution in [3.8, 4) is 0 Å². The van der Waals surface area contributed by atoms with Crippen molar-refractivity contribution in [2.75, 3.05) is 0 Å². The second-order valence-electron chi connectivity index (χ2n) is 7.86. The molecule has 0 saturated heterocycles. The van der Waals surface area contributed by atoms with Gasteiger partial charge in [-0.2, -0.15) is 4.31 Å². The van der Waals surface area contributed by atoms with Crippen LogP contribution in [0.25, 0.3) is 0 Å². The summed E-state index contributed by atoms with van der Waals surface area (Å²) in [6, 6.07) is 21.8. The van der Waals surface area contributed by atoms with E-state index in [1.54, 1.807) is 6.92 Å². The number of aliphatic hydroxyl groups is 1. The summed E-state index contributed by atoms with van der Waals surface area (Å²) in [5.41, 5.74) is 4.01. The number of hydrogen-bond acceptors (Lipinski definition) is 3. The average molecular weight is 424 g/mol. The van der Waals surface area contributed by atoms with Crippen LogP contribution in [0.4, 0.5) is 0 Å². The van der Waals surface area contributed by atoms with Crippen LogP contribution in [0.2, 0.25) is 0 Å². The molecule has 0 aliphatic heterocycles. The van der Waals surface area contributed by atoms with Gasteiger partial charge in [-0.3, -0.25) is 0 Å². The average Bonchev–Trinajstić information content (AvgIpc) is 2.71. The molecule has 3 aromatic carbocycles. The quantitative estimate of drug-likeness (QED) is 0.586. The van der Waals surface area contributed by atoms with Gasteiger partial charge >= 0.3 is 0 Å². The summed E-state index contributed by atoms with van der Waals surface area (Å²) < 4.78 is 29.2. The van der Waals surface area contributed by atoms with Crippen molar-refractivity contribution in [1.29, 1.82) is 0 Å². The summed E-state index contributed by atoms with van der Waals surface area (Å²) >= 11 is 0. The van der Waals surface area contributed by atoms with Gasteiger partial charge in [0, 0.05) is 6.54 Å². The molecule has 0 saturated carbocycles. The molecule has 0 aliphatic carbocycles. The van der Waals surface area contributed by atoms with E-state index < -0.39 is 22.2 Å². The van der Waals surface area contributed by atoms with Crippen molar-refractivity contribution in [1.82, 2.24) is 4.31 Å². The second-order valence-corrected chi connectivity index (χ2v) is 9.69. The lowest BCUT2D eigenvalue weighted by atomic mass is 10.0. The number of sulfonamides is 1. The Balaban J connectivity index is 2.09. The highest BCUT2D eigenvalue weighted by Crippen LogP contribution is 2.31. The van der Waals surface area contributed by atoms with E-state index in [-0.39, 0.29) is 6.54 Å². The SMILES string of the molecule is Cc1cc(C)c(S(=O)(=O)N(Cc2ccccc2)[C@H](C)[C@H](O)c2ccccc2)c(C)c1. The monoisotopic (exact) mass is 423 g/mol. The standard InChI is InChI=1S/C25H29NO3S/c1-18-15-19(2)25(20(3)16-18)30(28,29)26(17-22-11-7-5-8-12-22)21(4)24(27)23-13-9-6-10-14-23/h5-16,21,24,27H,17H2,1-4H3/t21-,24+/m1/s1. The first kappa shape index (κ1) is 22.2. The number of aryl methyl sites for hydroxylation is 3. The molecule has 2 atom stereocenters. The van der Waals surface area contributed by atoms with Crippen LogP contribution in [0.3, 0.4) is 0 Å². The zero-order valence-electron chi connectivity index (χ0n) is 17.9. The molecule has 0 heterocycles. The van der Waals surface area contributed by atoms with E-state index in [1.807, 2.05) is 93.6 Å². The molecule has 3 aromatic rings. The number of rotatable bonds is 7. The highest BCUT2D eigenvalue weighted by atomic mass is 32.2. The Morgan fingerprint density at radius 1 is 0.867 bits per heavy atom. The van der Waals surface area contributed by atoms with E-state index in [0.717, 1.165) is 11.1 Å². The predicted octanol–water partition coefficient (Wildman–Crippen LogP) is 4.92. The molecule has 3 rings (SSSR count). The Bertz CT molecular complexity index is 1070. The summed E-state index contributed by atoms with van der Waals surface area (Å²) in [5.74, 6) is 0. The van der Waals surface area contributed by atoms with Gasteiger partial charge in [0.2, 0.25) is 10.0 Å². The van der Waals surface area contributed by atoms with E-state index >= 15 is 0 Å². The molecule has 0 spiro atoms. The van der Waals surface area contributed by atoms with Gasteiger partial charge in [0.05, 0.1) is 17.0 Å². The minimum absolute atomic E-state index is 0.182. The lowest BCUT2D eigenvalue weighted by molar-refractivity contribution is 0.0960. The van der Waals surface area contributed by atoms with Gasteiger partial charge in [-0.1, -0.05) is 78.4 Å². The Morgan fingerprint density at radius 2 is 1.37 bits per heavy atom. The lowest BCUT2D eigenvalue weighted by Gasteiger charge is -2.33. The summed E-state index contributed by atoms with van der Waals surface area (Å²) in [7, 11) is -3.86. The van der Waals surface area contributed by atoms with Gasteiger partial charge in [-0.05, 0) is 49.9 Å². The molecule has 1 N–H and O–H groups in total. The molecule has 5 heteroatoms. The molecule has 0 fully saturated rings. The Hall–Kier alpha value is -2.47. The van der Waals surface area contributed by atoms with E-state index in [9.17, 15) is 13.5 Å². The van der Waals surface area contributed by atoms with Gasteiger partial charge in [-0.25, -0.2) is 8.42 Å². The number of hydrogen-bond donors (Lipinski definition) is 1. The van der Waals surface area contributed by atoms with Crippen molar-refractivity contribution in [3.05, 3.63) is 101 Å². The molecule has 158 valence electrons. The fraction of sp³-hybridized carbons (Fsp3) is 0.280. The van der Waals surface area contributed by atoms with Crippen molar-refractivity contribution < 1.29 is 13.5 Å². The van der Waals surface area contributed by atoms with Crippen molar-refractivity contribution >= 4 is 10.0 Å². The molecule has 0 aromatic heterocycles. The topological polar surface area (TPSA) is 57.6 Å². The largest absolute Gasteiger partial charge is 0.387 e. The van der Waals surface area contributed by atoms with Gasteiger partial charge in [0.1, 0.15) is 0 Å². The van der Waals surface area contributed by atoms with E-state index in [0.29, 0.717) is 21.6 Å². The van der Waals surface area contributed by atoms with E-state index in [1.165, 1.54) is 4.31 Å². The highest BCUT2D eigenvalue weighted by Gasteiger charge is 2.35. The minimum atomic E-state index is -3.86. The van der Waals surface area contributed by atoms with Crippen LogP contribution in [0, 0.1) is 20.8 Å². The smallest absolute Gasteiger partial charge is 0.244 e. The first-order chi connectivity index (χ1) is 14.2. The second kappa shape index (κ2) is 9.13. The van der Waals surface area contributed by atoms with Crippen LogP contribution in [0.15, 0.2) is 77.7 Å². The lowest BCUT2D eigenvalue weighted by Crippen LogP contribution is -2.42. The molecule has 0 unspecified atom stereocenters. The van der Waals surface area contributed by atoms with Crippen LogP contribution in [0.5, 0.6) is 0 Å². The summed E-state index contributed by atoms with van der Waals surface area (Å²) in [5, 5.41) is 11.0. The summed E-state index contributed by atoms with van der Waals surface area (Å²) in [6.07, 6.45) is -0.948. The first-order valence-electron chi connectivity index (χ1n) is 10.1. The fourth-order valence-corrected chi connectivity index (χ4v) is 6.03. The summed E-state index contributed by atoms with van der Waals surface area (Å²) in [6.45, 7) is 7.55. The van der Waals surface area contributed by atoms with Crippen LogP contribution in [-0.4, -0.2) is 23.9 Å². The third-order valence-electron chi connectivity index (χ3n) is 5.40. The normalized spacial score (nSPS) is 13.9. The Labute approximate surface area is 179 Å². The third kappa shape index (κ3) is 4.64. The maximum atomic E-state index is 13.9. The minimum Gasteiger partial charge on any atom is -0.387 e. The van der Waals surface area contributed by atoms with Crippen LogP contribution < -0.4 is 0 Å². The fourth-order valence-electron chi connectivity index (χ4n) is 3.99. The Kier molecular flexibility index (Phi) is 6.76. The Morgan fingerprint density at radius 3 is 1.90 bits per heavy atom. The van der Waals surface area contributed by atoms with Gasteiger partial charge in [-0.15, -0.1) is 0 Å². The van der Waals surface area contributed by atoms with Crippen molar-refractivity contribution in [2.24, 2.45) is 0 Å². The molecule has 0 amide bonds. The van der Waals surface area contributed by atoms with Crippen LogP contribution in [0.1, 0.15) is 40.8 Å². The summed E-state index contributed by atoms with van der Waals surface area (Å²) in [4.78, 5) is 0.316. The number of benzene rings is 3. The zero-order chi connectivity index (χ0) is 21.9. The number of nitrogens with zero attached hydrogens (tertiary/aromatic N) is 1. The van der Waals surface area contributed by atoms with Crippen molar-refractivity contribution in [3.63, 3.8) is 0 Å². The van der Waals surface area contributed by atoms with E-state index in [4.69, 9.17) is 0 Å². The van der Waals surface area contributed by atoms with E-state index in [2.05, 4.69) is 0 Å².